The van der Waals surface area contributed by atoms with Gasteiger partial charge < -0.3 is 25.2 Å². The molecule has 55 heavy (non-hydrogen) atoms. The van der Waals surface area contributed by atoms with Crippen LogP contribution in [0.1, 0.15) is 232 Å². The van der Waals surface area contributed by atoms with Gasteiger partial charge in [-0.2, -0.15) is 0 Å². The number of unbranched alkanes of at least 4 members (excludes halogenated alkanes) is 31. The van der Waals surface area contributed by atoms with E-state index < -0.39 is 45.1 Å². The van der Waals surface area contributed by atoms with Crippen LogP contribution in [-0.2, 0) is 32.7 Å². The monoisotopic (exact) mass is 806 g/mol. The third-order valence-electron chi connectivity index (χ3n) is 10.4. The third-order valence-corrected chi connectivity index (χ3v) is 11.3. The smallest absolute Gasteiger partial charge is 0.472 e. The van der Waals surface area contributed by atoms with Crippen LogP contribution in [0.3, 0.4) is 0 Å². The van der Waals surface area contributed by atoms with E-state index in [1.807, 2.05) is 0 Å². The Kier molecular flexibility index (Phi) is 40.4. The number of carboxylic acids is 1. The Bertz CT molecular complexity index is 893. The Hall–Kier alpha value is -1.03. The first-order valence-electron chi connectivity index (χ1n) is 23.1. The van der Waals surface area contributed by atoms with Crippen LogP contribution >= 0.6 is 7.82 Å². The van der Waals surface area contributed by atoms with Gasteiger partial charge in [-0.1, -0.05) is 213 Å². The zero-order valence-electron chi connectivity index (χ0n) is 35.8. The van der Waals surface area contributed by atoms with Crippen molar-refractivity contribution < 1.29 is 42.7 Å². The summed E-state index contributed by atoms with van der Waals surface area (Å²) >= 11 is 0. The quantitative estimate of drug-likeness (QED) is 0.0308. The van der Waals surface area contributed by atoms with Crippen LogP contribution in [0.4, 0.5) is 0 Å². The number of hydrogen-bond acceptors (Lipinski definition) is 8. The molecule has 0 saturated heterocycles. The number of phosphoric ester groups is 1. The number of carboxylic acid groups (broad SMARTS) is 1. The van der Waals surface area contributed by atoms with E-state index >= 15 is 0 Å². The first kappa shape index (κ1) is 54.0. The summed E-state index contributed by atoms with van der Waals surface area (Å²) in [5.74, 6) is -1.76. The zero-order valence-corrected chi connectivity index (χ0v) is 36.7. The number of hydrogen-bond donors (Lipinski definition) is 3. The summed E-state index contributed by atoms with van der Waals surface area (Å²) in [6, 6.07) is -1.47. The Morgan fingerprint density at radius 2 is 0.836 bits per heavy atom. The highest BCUT2D eigenvalue weighted by atomic mass is 31.2. The van der Waals surface area contributed by atoms with Gasteiger partial charge in [0.05, 0.1) is 19.8 Å². The average molecular weight is 806 g/mol. The van der Waals surface area contributed by atoms with Gasteiger partial charge in [-0.15, -0.1) is 0 Å². The number of phosphoric acid groups is 1. The normalized spacial score (nSPS) is 13.8. The summed E-state index contributed by atoms with van der Waals surface area (Å²) in [5, 5.41) is 8.90. The SMILES string of the molecule is CCCCCCCCCCCCCCCCCCCCOCC(COP(=O)(O)OCC(N)C(=O)O)OC(=O)CCCCCCCCCCCCCCCCC. The molecule has 0 rings (SSSR count). The van der Waals surface area contributed by atoms with E-state index in [-0.39, 0.29) is 13.0 Å². The molecule has 0 aliphatic carbocycles. The second kappa shape index (κ2) is 41.1. The van der Waals surface area contributed by atoms with Crippen LogP contribution < -0.4 is 5.73 Å². The lowest BCUT2D eigenvalue weighted by Gasteiger charge is -2.20. The first-order chi connectivity index (χ1) is 26.7. The van der Waals surface area contributed by atoms with Gasteiger partial charge in [-0.25, -0.2) is 4.57 Å². The van der Waals surface area contributed by atoms with Crippen molar-refractivity contribution in [3.05, 3.63) is 0 Å². The van der Waals surface area contributed by atoms with E-state index in [1.165, 1.54) is 173 Å². The number of nitrogens with two attached hydrogens (primary N) is 1. The molecule has 0 aromatic carbocycles. The minimum Gasteiger partial charge on any atom is -0.480 e. The van der Waals surface area contributed by atoms with Crippen molar-refractivity contribution in [3.63, 3.8) is 0 Å². The van der Waals surface area contributed by atoms with Crippen LogP contribution in [0.2, 0.25) is 0 Å². The average Bonchev–Trinajstić information content (AvgIpc) is 3.16. The highest BCUT2D eigenvalue weighted by Crippen LogP contribution is 2.43. The Labute approximate surface area is 338 Å². The number of carbonyl (C=O) groups excluding carboxylic acids is 1. The minimum atomic E-state index is -4.61. The van der Waals surface area contributed by atoms with E-state index in [0.717, 1.165) is 38.5 Å². The molecule has 10 nitrogen and oxygen atoms in total. The van der Waals surface area contributed by atoms with E-state index in [4.69, 9.17) is 29.4 Å². The molecule has 0 bridgehead atoms. The lowest BCUT2D eigenvalue weighted by atomic mass is 10.0. The molecule has 328 valence electrons. The van der Waals surface area contributed by atoms with Crippen molar-refractivity contribution in [2.45, 2.75) is 244 Å². The summed E-state index contributed by atoms with van der Waals surface area (Å²) in [5.41, 5.74) is 5.36. The Morgan fingerprint density at radius 1 is 0.509 bits per heavy atom. The largest absolute Gasteiger partial charge is 0.480 e. The lowest BCUT2D eigenvalue weighted by molar-refractivity contribution is -0.154. The Balaban J connectivity index is 4.14. The molecule has 0 aliphatic rings. The van der Waals surface area contributed by atoms with E-state index in [1.54, 1.807) is 0 Å². The van der Waals surface area contributed by atoms with E-state index in [2.05, 4.69) is 13.8 Å². The molecule has 0 amide bonds. The van der Waals surface area contributed by atoms with E-state index in [0.29, 0.717) is 6.61 Å². The van der Waals surface area contributed by atoms with Gasteiger partial charge in [0.1, 0.15) is 12.1 Å². The predicted octanol–water partition coefficient (Wildman–Crippen LogP) is 12.8. The van der Waals surface area contributed by atoms with Gasteiger partial charge in [0, 0.05) is 13.0 Å². The second-order valence-corrected chi connectivity index (χ2v) is 17.4. The van der Waals surface area contributed by atoms with Crippen molar-refractivity contribution in [1.82, 2.24) is 0 Å². The molecular formula is C44H88NO9P. The molecule has 0 fully saturated rings. The molecule has 0 aliphatic heterocycles. The molecule has 3 atom stereocenters. The Morgan fingerprint density at radius 3 is 1.20 bits per heavy atom. The molecule has 11 heteroatoms. The van der Waals surface area contributed by atoms with Crippen LogP contribution in [0.15, 0.2) is 0 Å². The molecule has 4 N–H and O–H groups in total. The predicted molar refractivity (Wildman–Crippen MR) is 226 cm³/mol. The van der Waals surface area contributed by atoms with Gasteiger partial charge in [0.15, 0.2) is 0 Å². The molecule has 0 aromatic rings. The number of aliphatic carboxylic acids is 1. The van der Waals surface area contributed by atoms with Gasteiger partial charge in [-0.05, 0) is 12.8 Å². The number of ether oxygens (including phenoxy) is 2. The number of rotatable bonds is 45. The molecule has 0 saturated carbocycles. The van der Waals surface area contributed by atoms with Crippen molar-refractivity contribution in [3.8, 4) is 0 Å². The maximum atomic E-state index is 12.6. The van der Waals surface area contributed by atoms with Crippen LogP contribution in [0, 0.1) is 0 Å². The van der Waals surface area contributed by atoms with Gasteiger partial charge in [0.2, 0.25) is 0 Å². The van der Waals surface area contributed by atoms with Crippen molar-refractivity contribution in [2.75, 3.05) is 26.4 Å². The summed E-state index contributed by atoms with van der Waals surface area (Å²) in [4.78, 5) is 33.6. The lowest BCUT2D eigenvalue weighted by Crippen LogP contribution is -2.34. The van der Waals surface area contributed by atoms with Crippen molar-refractivity contribution >= 4 is 19.8 Å². The maximum absolute atomic E-state index is 12.6. The molecule has 0 aromatic heterocycles. The molecule has 0 spiro atoms. The second-order valence-electron chi connectivity index (χ2n) is 15.9. The van der Waals surface area contributed by atoms with Crippen LogP contribution in [0.5, 0.6) is 0 Å². The minimum absolute atomic E-state index is 0.0260. The van der Waals surface area contributed by atoms with Crippen LogP contribution in [0.25, 0.3) is 0 Å². The highest BCUT2D eigenvalue weighted by Gasteiger charge is 2.27. The fourth-order valence-electron chi connectivity index (χ4n) is 6.78. The third kappa shape index (κ3) is 40.9. The van der Waals surface area contributed by atoms with Crippen molar-refractivity contribution in [2.24, 2.45) is 5.73 Å². The zero-order chi connectivity index (χ0) is 40.5. The molecular weight excluding hydrogens is 717 g/mol. The van der Waals surface area contributed by atoms with Gasteiger partial charge in [-0.3, -0.25) is 18.6 Å². The number of esters is 1. The standard InChI is InChI=1S/C44H88NO9P/c1-3-5-7-9-11-13-15-17-19-20-21-23-25-27-29-31-33-35-37-51-38-41(39-52-55(49,50)53-40-42(45)44(47)48)54-43(46)36-34-32-30-28-26-24-22-18-16-14-12-10-8-6-4-2/h41-42H,3-40,45H2,1-2H3,(H,47,48)(H,49,50). The fourth-order valence-corrected chi connectivity index (χ4v) is 7.56. The highest BCUT2D eigenvalue weighted by molar-refractivity contribution is 7.47. The van der Waals surface area contributed by atoms with Crippen molar-refractivity contribution in [1.29, 1.82) is 0 Å². The fraction of sp³-hybridized carbons (Fsp3) is 0.955. The maximum Gasteiger partial charge on any atom is 0.472 e. The topological polar surface area (TPSA) is 155 Å². The summed E-state index contributed by atoms with van der Waals surface area (Å²) in [6.45, 7) is 3.94. The van der Waals surface area contributed by atoms with E-state index in [9.17, 15) is 19.0 Å². The van der Waals surface area contributed by atoms with Crippen LogP contribution in [-0.4, -0.2) is 60.5 Å². The summed E-state index contributed by atoms with van der Waals surface area (Å²) < 4.78 is 33.4. The van der Waals surface area contributed by atoms with Gasteiger partial charge >= 0.3 is 19.8 Å². The summed E-state index contributed by atoms with van der Waals surface area (Å²) in [6.07, 6.45) is 41.5. The van der Waals surface area contributed by atoms with Gasteiger partial charge in [0.25, 0.3) is 0 Å². The first-order valence-corrected chi connectivity index (χ1v) is 24.6. The molecule has 0 radical (unpaired) electrons. The summed E-state index contributed by atoms with van der Waals surface area (Å²) in [7, 11) is -4.61. The molecule has 0 heterocycles. The molecule has 3 unspecified atom stereocenters. The number of carbonyl (C=O) groups is 2.